The largest absolute Gasteiger partial charge is 0.360 e. The number of carbonyl (C=O) groups excluding carboxylic acids is 1. The zero-order valence-electron chi connectivity index (χ0n) is 11.2. The fourth-order valence-electron chi connectivity index (χ4n) is 2.09. The molecule has 0 spiro atoms. The van der Waals surface area contributed by atoms with Crippen LogP contribution in [0.1, 0.15) is 10.4 Å². The molecule has 110 valence electrons. The van der Waals surface area contributed by atoms with Crippen LogP contribution >= 0.6 is 11.6 Å². The average molecular weight is 317 g/mol. The van der Waals surface area contributed by atoms with E-state index in [2.05, 4.69) is 10.3 Å². The van der Waals surface area contributed by atoms with Crippen LogP contribution in [0.4, 0.5) is 10.1 Å². The molecule has 0 saturated carbocycles. The fourth-order valence-corrected chi connectivity index (χ4v) is 2.26. The molecule has 0 atom stereocenters. The second-order valence-corrected chi connectivity index (χ2v) is 5.12. The van der Waals surface area contributed by atoms with Gasteiger partial charge in [0.15, 0.2) is 0 Å². The van der Waals surface area contributed by atoms with Crippen LogP contribution in [0.5, 0.6) is 0 Å². The molecule has 0 bridgehead atoms. The molecule has 0 aliphatic heterocycles. The van der Waals surface area contributed by atoms with Gasteiger partial charge >= 0.3 is 0 Å². The Labute approximate surface area is 129 Å². The van der Waals surface area contributed by atoms with Crippen LogP contribution < -0.4 is 10.7 Å². The lowest BCUT2D eigenvalue weighted by Crippen LogP contribution is -2.21. The van der Waals surface area contributed by atoms with Crippen molar-refractivity contribution in [3.05, 3.63) is 75.3 Å². The lowest BCUT2D eigenvalue weighted by Gasteiger charge is -2.06. The van der Waals surface area contributed by atoms with Crippen LogP contribution in [0.15, 0.2) is 53.5 Å². The zero-order chi connectivity index (χ0) is 15.7. The number of nitrogens with one attached hydrogen (secondary N) is 2. The third-order valence-electron chi connectivity index (χ3n) is 3.19. The minimum atomic E-state index is -0.574. The third-order valence-corrected chi connectivity index (χ3v) is 3.42. The van der Waals surface area contributed by atoms with E-state index >= 15 is 0 Å². The second-order valence-electron chi connectivity index (χ2n) is 4.68. The number of carbonyl (C=O) groups is 1. The summed E-state index contributed by atoms with van der Waals surface area (Å²) in [5.74, 6) is -0.981. The summed E-state index contributed by atoms with van der Waals surface area (Å²) in [7, 11) is 0. The lowest BCUT2D eigenvalue weighted by molar-refractivity contribution is 0.102. The number of rotatable bonds is 2. The highest BCUT2D eigenvalue weighted by molar-refractivity contribution is 6.31. The Balaban J connectivity index is 1.99. The Hall–Kier alpha value is -2.66. The zero-order valence-corrected chi connectivity index (χ0v) is 11.9. The Morgan fingerprint density at radius 1 is 1.14 bits per heavy atom. The molecule has 3 aromatic rings. The van der Waals surface area contributed by atoms with Gasteiger partial charge in [-0.2, -0.15) is 0 Å². The number of halogens is 2. The third kappa shape index (κ3) is 2.71. The molecule has 0 unspecified atom stereocenters. The van der Waals surface area contributed by atoms with Gasteiger partial charge in [-0.25, -0.2) is 4.39 Å². The Kier molecular flexibility index (Phi) is 3.65. The van der Waals surface area contributed by atoms with E-state index in [0.717, 1.165) is 0 Å². The fraction of sp³-hybridized carbons (Fsp3) is 0. The van der Waals surface area contributed by atoms with Gasteiger partial charge in [0.05, 0.1) is 0 Å². The first-order valence-electron chi connectivity index (χ1n) is 6.42. The highest BCUT2D eigenvalue weighted by atomic mass is 35.5. The topological polar surface area (TPSA) is 62.0 Å². The highest BCUT2D eigenvalue weighted by Crippen LogP contribution is 2.16. The first-order chi connectivity index (χ1) is 10.5. The van der Waals surface area contributed by atoms with E-state index in [9.17, 15) is 14.0 Å². The van der Waals surface area contributed by atoms with E-state index in [1.54, 1.807) is 12.1 Å². The summed E-state index contributed by atoms with van der Waals surface area (Å²) in [5.41, 5.74) is 0.527. The van der Waals surface area contributed by atoms with Gasteiger partial charge in [-0.1, -0.05) is 11.6 Å². The summed E-state index contributed by atoms with van der Waals surface area (Å²) in [6, 6.07) is 10.1. The molecule has 6 heteroatoms. The number of aromatic amines is 1. The van der Waals surface area contributed by atoms with Gasteiger partial charge in [-0.05, 0) is 42.5 Å². The number of amides is 1. The molecule has 0 radical (unpaired) electrons. The molecule has 3 rings (SSSR count). The standard InChI is InChI=1S/C16H10ClFN2O2/c17-9-1-6-14-12(7-9)15(21)13(8-19-14)16(22)20-11-4-2-10(18)3-5-11/h1-8H,(H,19,21)(H,20,22). The summed E-state index contributed by atoms with van der Waals surface area (Å²) < 4.78 is 12.8. The Morgan fingerprint density at radius 3 is 2.59 bits per heavy atom. The average Bonchev–Trinajstić information content (AvgIpc) is 2.50. The number of pyridine rings is 1. The number of fused-ring (bicyclic) bond motifs is 1. The van der Waals surface area contributed by atoms with E-state index in [1.807, 2.05) is 0 Å². The van der Waals surface area contributed by atoms with E-state index in [0.29, 0.717) is 21.6 Å². The highest BCUT2D eigenvalue weighted by Gasteiger charge is 2.13. The summed E-state index contributed by atoms with van der Waals surface area (Å²) in [5, 5.41) is 3.29. The molecule has 2 aromatic carbocycles. The summed E-state index contributed by atoms with van der Waals surface area (Å²) in [4.78, 5) is 27.4. The summed E-state index contributed by atoms with van der Waals surface area (Å²) in [6.45, 7) is 0. The van der Waals surface area contributed by atoms with Crippen molar-refractivity contribution in [2.75, 3.05) is 5.32 Å². The van der Waals surface area contributed by atoms with Gasteiger partial charge in [0.25, 0.3) is 5.91 Å². The van der Waals surface area contributed by atoms with Gasteiger partial charge in [-0.15, -0.1) is 0 Å². The van der Waals surface area contributed by atoms with Crippen molar-refractivity contribution in [3.63, 3.8) is 0 Å². The van der Waals surface area contributed by atoms with Crippen LogP contribution in [-0.4, -0.2) is 10.9 Å². The number of anilines is 1. The van der Waals surface area contributed by atoms with Crippen molar-refractivity contribution >= 4 is 34.1 Å². The van der Waals surface area contributed by atoms with Gasteiger partial charge in [0, 0.05) is 27.8 Å². The molecule has 22 heavy (non-hydrogen) atoms. The molecule has 0 aliphatic carbocycles. The molecule has 4 nitrogen and oxygen atoms in total. The van der Waals surface area contributed by atoms with Crippen LogP contribution in [0.25, 0.3) is 10.9 Å². The summed E-state index contributed by atoms with van der Waals surface area (Å²) in [6.07, 6.45) is 1.34. The van der Waals surface area contributed by atoms with Gasteiger partial charge in [-0.3, -0.25) is 9.59 Å². The minimum Gasteiger partial charge on any atom is -0.360 e. The smallest absolute Gasteiger partial charge is 0.261 e. The van der Waals surface area contributed by atoms with Crippen molar-refractivity contribution in [2.45, 2.75) is 0 Å². The van der Waals surface area contributed by atoms with Crippen LogP contribution in [0.3, 0.4) is 0 Å². The Morgan fingerprint density at radius 2 is 1.86 bits per heavy atom. The molecule has 0 saturated heterocycles. The number of hydrogen-bond donors (Lipinski definition) is 2. The quantitative estimate of drug-likeness (QED) is 0.759. The van der Waals surface area contributed by atoms with E-state index in [1.165, 1.54) is 36.5 Å². The predicted molar refractivity (Wildman–Crippen MR) is 83.9 cm³/mol. The maximum absolute atomic E-state index is 12.8. The van der Waals surface area contributed by atoms with E-state index < -0.39 is 17.2 Å². The van der Waals surface area contributed by atoms with E-state index in [-0.39, 0.29) is 5.56 Å². The maximum Gasteiger partial charge on any atom is 0.261 e. The molecular weight excluding hydrogens is 307 g/mol. The van der Waals surface area contributed by atoms with Gasteiger partial charge in [0.2, 0.25) is 5.43 Å². The molecule has 0 fully saturated rings. The monoisotopic (exact) mass is 316 g/mol. The molecule has 1 heterocycles. The number of aromatic nitrogens is 1. The molecular formula is C16H10ClFN2O2. The first kappa shape index (κ1) is 14.3. The Bertz CT molecular complexity index is 920. The van der Waals surface area contributed by atoms with Crippen molar-refractivity contribution in [1.29, 1.82) is 0 Å². The van der Waals surface area contributed by atoms with Crippen molar-refractivity contribution in [2.24, 2.45) is 0 Å². The van der Waals surface area contributed by atoms with Crippen LogP contribution in [0.2, 0.25) is 5.02 Å². The molecule has 0 aliphatic rings. The maximum atomic E-state index is 12.8. The molecule has 2 N–H and O–H groups in total. The lowest BCUT2D eigenvalue weighted by atomic mass is 10.1. The first-order valence-corrected chi connectivity index (χ1v) is 6.80. The minimum absolute atomic E-state index is 0.0425. The van der Waals surface area contributed by atoms with Crippen molar-refractivity contribution in [3.8, 4) is 0 Å². The number of benzene rings is 2. The van der Waals surface area contributed by atoms with Crippen molar-refractivity contribution < 1.29 is 9.18 Å². The van der Waals surface area contributed by atoms with Crippen molar-refractivity contribution in [1.82, 2.24) is 4.98 Å². The molecule has 1 amide bonds. The molecule has 1 aromatic heterocycles. The summed E-state index contributed by atoms with van der Waals surface area (Å²) >= 11 is 5.88. The van der Waals surface area contributed by atoms with Crippen LogP contribution in [0, 0.1) is 5.82 Å². The number of hydrogen-bond acceptors (Lipinski definition) is 2. The number of H-pyrrole nitrogens is 1. The normalized spacial score (nSPS) is 10.6. The van der Waals surface area contributed by atoms with E-state index in [4.69, 9.17) is 11.6 Å². The SMILES string of the molecule is O=C(Nc1ccc(F)cc1)c1c[nH]c2ccc(Cl)cc2c1=O. The second kappa shape index (κ2) is 5.61. The van der Waals surface area contributed by atoms with Crippen LogP contribution in [-0.2, 0) is 0 Å². The predicted octanol–water partition coefficient (Wildman–Crippen LogP) is 3.57. The van der Waals surface area contributed by atoms with Gasteiger partial charge < -0.3 is 10.3 Å². The van der Waals surface area contributed by atoms with Gasteiger partial charge in [0.1, 0.15) is 11.4 Å².